The summed E-state index contributed by atoms with van der Waals surface area (Å²) < 4.78 is 31.4. The summed E-state index contributed by atoms with van der Waals surface area (Å²) in [6, 6.07) is 3.60. The first-order valence-corrected chi connectivity index (χ1v) is 5.44. The summed E-state index contributed by atoms with van der Waals surface area (Å²) in [7, 11) is 0. The third-order valence-electron chi connectivity index (χ3n) is 2.39. The third kappa shape index (κ3) is 3.54. The highest BCUT2D eigenvalue weighted by Crippen LogP contribution is 2.20. The van der Waals surface area contributed by atoms with Gasteiger partial charge in [-0.2, -0.15) is 0 Å². The van der Waals surface area contributed by atoms with E-state index in [9.17, 15) is 8.78 Å². The largest absolute Gasteiger partial charge is 0.382 e. The Hall–Kier alpha value is -1.00. The molecule has 2 nitrogen and oxygen atoms in total. The van der Waals surface area contributed by atoms with Crippen LogP contribution in [0.25, 0.3) is 0 Å². The Labute approximate surface area is 94.4 Å². The average molecular weight is 229 g/mol. The van der Waals surface area contributed by atoms with Gasteiger partial charge in [-0.05, 0) is 25.8 Å². The number of hydrogen-bond acceptors (Lipinski definition) is 2. The van der Waals surface area contributed by atoms with Crippen molar-refractivity contribution in [3.63, 3.8) is 0 Å². The molecule has 4 heteroatoms. The highest BCUT2D eigenvalue weighted by molar-refractivity contribution is 5.22. The average Bonchev–Trinajstić information content (AvgIpc) is 2.28. The van der Waals surface area contributed by atoms with Gasteiger partial charge in [-0.1, -0.05) is 12.1 Å². The van der Waals surface area contributed by atoms with Crippen LogP contribution in [0, 0.1) is 11.6 Å². The van der Waals surface area contributed by atoms with Gasteiger partial charge in [-0.15, -0.1) is 0 Å². The van der Waals surface area contributed by atoms with Crippen LogP contribution in [0.4, 0.5) is 8.78 Å². The first kappa shape index (κ1) is 13.1. The van der Waals surface area contributed by atoms with Crippen molar-refractivity contribution in [2.45, 2.75) is 25.8 Å². The fraction of sp³-hybridized carbons (Fsp3) is 0.500. The summed E-state index contributed by atoms with van der Waals surface area (Å²) in [5.74, 6) is -1.69. The smallest absolute Gasteiger partial charge is 0.163 e. The molecule has 2 N–H and O–H groups in total. The van der Waals surface area contributed by atoms with Crippen molar-refractivity contribution in [2.24, 2.45) is 5.73 Å². The second-order valence-corrected chi connectivity index (χ2v) is 3.59. The molecule has 0 radical (unpaired) electrons. The van der Waals surface area contributed by atoms with E-state index >= 15 is 0 Å². The van der Waals surface area contributed by atoms with Crippen molar-refractivity contribution in [3.8, 4) is 0 Å². The van der Waals surface area contributed by atoms with Crippen molar-refractivity contribution in [1.29, 1.82) is 0 Å². The normalized spacial score (nSPS) is 12.8. The van der Waals surface area contributed by atoms with E-state index in [4.69, 9.17) is 10.5 Å². The zero-order valence-corrected chi connectivity index (χ0v) is 9.38. The molecule has 0 spiro atoms. The fourth-order valence-electron chi connectivity index (χ4n) is 1.51. The molecule has 0 saturated carbocycles. The number of rotatable bonds is 6. The molecule has 1 aromatic carbocycles. The lowest BCUT2D eigenvalue weighted by molar-refractivity contribution is 0.142. The van der Waals surface area contributed by atoms with Gasteiger partial charge in [0.25, 0.3) is 0 Å². The molecule has 1 aromatic rings. The van der Waals surface area contributed by atoms with E-state index in [1.165, 1.54) is 12.1 Å². The summed E-state index contributed by atoms with van der Waals surface area (Å²) in [5, 5.41) is 0. The van der Waals surface area contributed by atoms with Gasteiger partial charge < -0.3 is 10.5 Å². The van der Waals surface area contributed by atoms with Crippen LogP contribution in [-0.4, -0.2) is 13.2 Å². The predicted molar refractivity (Wildman–Crippen MR) is 59.0 cm³/mol. The maximum Gasteiger partial charge on any atom is 0.163 e. The molecule has 0 aromatic heterocycles. The predicted octanol–water partition coefficient (Wildman–Crippen LogP) is 2.78. The van der Waals surface area contributed by atoms with Crippen molar-refractivity contribution < 1.29 is 13.5 Å². The molecule has 0 aliphatic rings. The van der Waals surface area contributed by atoms with Crippen molar-refractivity contribution in [3.05, 3.63) is 35.4 Å². The number of ether oxygens (including phenoxy) is 1. The molecule has 0 amide bonds. The lowest BCUT2D eigenvalue weighted by atomic mass is 10.0. The van der Waals surface area contributed by atoms with Gasteiger partial charge in [0.05, 0.1) is 0 Å². The fourth-order valence-corrected chi connectivity index (χ4v) is 1.51. The molecule has 0 heterocycles. The van der Waals surface area contributed by atoms with Crippen molar-refractivity contribution >= 4 is 0 Å². The standard InChI is InChI=1S/C12H17F2NO/c1-2-16-8-4-7-11(15)9-5-3-6-10(13)12(9)14/h3,5-6,11H,2,4,7-8,15H2,1H3. The monoisotopic (exact) mass is 229 g/mol. The number of benzene rings is 1. The maximum absolute atomic E-state index is 13.3. The maximum atomic E-state index is 13.3. The lowest BCUT2D eigenvalue weighted by Gasteiger charge is -2.13. The number of nitrogens with two attached hydrogens (primary N) is 1. The topological polar surface area (TPSA) is 35.2 Å². The summed E-state index contributed by atoms with van der Waals surface area (Å²) in [6.45, 7) is 3.16. The molecular weight excluding hydrogens is 212 g/mol. The second kappa shape index (κ2) is 6.55. The van der Waals surface area contributed by atoms with E-state index in [-0.39, 0.29) is 5.56 Å². The van der Waals surface area contributed by atoms with Gasteiger partial charge >= 0.3 is 0 Å². The van der Waals surface area contributed by atoms with Crippen LogP contribution in [0.5, 0.6) is 0 Å². The minimum atomic E-state index is -0.849. The Morgan fingerprint density at radius 2 is 2.12 bits per heavy atom. The van der Waals surface area contributed by atoms with Gasteiger partial charge in [0, 0.05) is 24.8 Å². The Kier molecular flexibility index (Phi) is 5.35. The van der Waals surface area contributed by atoms with E-state index in [0.29, 0.717) is 19.6 Å². The van der Waals surface area contributed by atoms with Crippen LogP contribution in [-0.2, 0) is 4.74 Å². The molecule has 0 aliphatic heterocycles. The number of hydrogen-bond donors (Lipinski definition) is 1. The third-order valence-corrected chi connectivity index (χ3v) is 2.39. The van der Waals surface area contributed by atoms with Gasteiger partial charge in [-0.3, -0.25) is 0 Å². The molecule has 0 bridgehead atoms. The molecule has 1 unspecified atom stereocenters. The van der Waals surface area contributed by atoms with Gasteiger partial charge in [0.1, 0.15) is 0 Å². The van der Waals surface area contributed by atoms with Crippen molar-refractivity contribution in [1.82, 2.24) is 0 Å². The van der Waals surface area contributed by atoms with Gasteiger partial charge in [0.15, 0.2) is 11.6 Å². The minimum Gasteiger partial charge on any atom is -0.382 e. The molecule has 16 heavy (non-hydrogen) atoms. The molecule has 0 saturated heterocycles. The van der Waals surface area contributed by atoms with E-state index in [2.05, 4.69) is 0 Å². The highest BCUT2D eigenvalue weighted by Gasteiger charge is 2.13. The quantitative estimate of drug-likeness (QED) is 0.761. The molecular formula is C12H17F2NO. The summed E-state index contributed by atoms with van der Waals surface area (Å²) in [4.78, 5) is 0. The molecule has 0 fully saturated rings. The van der Waals surface area contributed by atoms with E-state index in [1.807, 2.05) is 6.92 Å². The van der Waals surface area contributed by atoms with E-state index in [0.717, 1.165) is 12.5 Å². The van der Waals surface area contributed by atoms with Crippen LogP contribution in [0.15, 0.2) is 18.2 Å². The summed E-state index contributed by atoms with van der Waals surface area (Å²) in [6.07, 6.45) is 1.32. The van der Waals surface area contributed by atoms with Gasteiger partial charge in [-0.25, -0.2) is 8.78 Å². The van der Waals surface area contributed by atoms with Crippen LogP contribution < -0.4 is 5.73 Å². The van der Waals surface area contributed by atoms with E-state index in [1.54, 1.807) is 0 Å². The minimum absolute atomic E-state index is 0.233. The summed E-state index contributed by atoms with van der Waals surface area (Å²) >= 11 is 0. The molecule has 1 rings (SSSR count). The Morgan fingerprint density at radius 3 is 2.81 bits per heavy atom. The first-order valence-electron chi connectivity index (χ1n) is 5.44. The second-order valence-electron chi connectivity index (χ2n) is 3.59. The number of halogens is 2. The SMILES string of the molecule is CCOCCCC(N)c1cccc(F)c1F. The Bertz CT molecular complexity index is 331. The zero-order valence-electron chi connectivity index (χ0n) is 9.38. The summed E-state index contributed by atoms with van der Waals surface area (Å²) in [5.41, 5.74) is 6.02. The molecule has 0 aliphatic carbocycles. The molecule has 1 atom stereocenters. The van der Waals surface area contributed by atoms with Crippen LogP contribution >= 0.6 is 0 Å². The Balaban J connectivity index is 2.52. The van der Waals surface area contributed by atoms with Gasteiger partial charge in [0.2, 0.25) is 0 Å². The Morgan fingerprint density at radius 1 is 1.38 bits per heavy atom. The van der Waals surface area contributed by atoms with Crippen molar-refractivity contribution in [2.75, 3.05) is 13.2 Å². The van der Waals surface area contributed by atoms with Crippen LogP contribution in [0.1, 0.15) is 31.4 Å². The van der Waals surface area contributed by atoms with E-state index < -0.39 is 17.7 Å². The first-order chi connectivity index (χ1) is 7.66. The zero-order chi connectivity index (χ0) is 12.0. The molecule has 90 valence electrons. The highest BCUT2D eigenvalue weighted by atomic mass is 19.2. The van der Waals surface area contributed by atoms with Crippen LogP contribution in [0.3, 0.4) is 0 Å². The van der Waals surface area contributed by atoms with Crippen LogP contribution in [0.2, 0.25) is 0 Å². The lowest BCUT2D eigenvalue weighted by Crippen LogP contribution is -2.13.